The van der Waals surface area contributed by atoms with Gasteiger partial charge in [-0.1, -0.05) is 5.16 Å². The van der Waals surface area contributed by atoms with E-state index in [0.717, 1.165) is 24.0 Å². The summed E-state index contributed by atoms with van der Waals surface area (Å²) in [6.07, 6.45) is 2.32. The average molecular weight is 448 g/mol. The van der Waals surface area contributed by atoms with Crippen LogP contribution in [-0.4, -0.2) is 42.6 Å². The van der Waals surface area contributed by atoms with Crippen molar-refractivity contribution in [1.29, 1.82) is 0 Å². The molecule has 0 spiro atoms. The number of ether oxygens (including phenoxy) is 1. The second-order valence-corrected chi connectivity index (χ2v) is 10.2. The van der Waals surface area contributed by atoms with Crippen molar-refractivity contribution in [2.75, 3.05) is 19.7 Å². The first-order valence-electron chi connectivity index (χ1n) is 10.1. The lowest BCUT2D eigenvalue weighted by Crippen LogP contribution is -2.40. The number of piperidine rings is 1. The van der Waals surface area contributed by atoms with Crippen LogP contribution in [0.25, 0.3) is 11.4 Å². The van der Waals surface area contributed by atoms with Gasteiger partial charge in [-0.25, -0.2) is 8.42 Å². The molecule has 1 aliphatic heterocycles. The van der Waals surface area contributed by atoms with Gasteiger partial charge >= 0.3 is 0 Å². The van der Waals surface area contributed by atoms with Crippen molar-refractivity contribution in [2.45, 2.75) is 38.0 Å². The summed E-state index contributed by atoms with van der Waals surface area (Å²) in [7, 11) is -3.56. The Morgan fingerprint density at radius 3 is 2.93 bits per heavy atom. The molecule has 160 valence electrons. The van der Waals surface area contributed by atoms with E-state index in [9.17, 15) is 8.42 Å². The van der Waals surface area contributed by atoms with Gasteiger partial charge in [0.2, 0.25) is 21.7 Å². The van der Waals surface area contributed by atoms with Crippen molar-refractivity contribution >= 4 is 21.4 Å². The van der Waals surface area contributed by atoms with E-state index >= 15 is 0 Å². The molecule has 0 radical (unpaired) electrons. The highest BCUT2D eigenvalue weighted by Gasteiger charge is 2.31. The number of aryl methyl sites for hydroxylation is 1. The Morgan fingerprint density at radius 2 is 2.20 bits per heavy atom. The average Bonchev–Trinajstić information content (AvgIpc) is 3.42. The second-order valence-electron chi connectivity index (χ2n) is 7.46. The van der Waals surface area contributed by atoms with Gasteiger partial charge in [-0.05, 0) is 67.8 Å². The van der Waals surface area contributed by atoms with Crippen molar-refractivity contribution < 1.29 is 17.7 Å². The molecule has 0 aliphatic carbocycles. The molecule has 1 atom stereocenters. The summed E-state index contributed by atoms with van der Waals surface area (Å²) in [4.78, 5) is 4.79. The molecule has 4 rings (SSSR count). The summed E-state index contributed by atoms with van der Waals surface area (Å²) in [5, 5.41) is 7.99. The molecule has 1 fully saturated rings. The third-order valence-corrected chi connectivity index (χ3v) is 7.82. The van der Waals surface area contributed by atoms with E-state index in [1.807, 2.05) is 30.7 Å². The van der Waals surface area contributed by atoms with Crippen LogP contribution in [0.4, 0.5) is 0 Å². The smallest absolute Gasteiger partial charge is 0.243 e. The minimum atomic E-state index is -3.56. The normalized spacial score (nSPS) is 17.9. The summed E-state index contributed by atoms with van der Waals surface area (Å²) in [5.41, 5.74) is 1.76. The maximum atomic E-state index is 13.2. The molecule has 2 aromatic heterocycles. The van der Waals surface area contributed by atoms with Crippen molar-refractivity contribution in [3.8, 4) is 17.1 Å². The quantitative estimate of drug-likeness (QED) is 0.541. The van der Waals surface area contributed by atoms with Crippen molar-refractivity contribution in [3.05, 3.63) is 46.5 Å². The first-order chi connectivity index (χ1) is 14.5. The van der Waals surface area contributed by atoms with Crippen LogP contribution < -0.4 is 4.74 Å². The monoisotopic (exact) mass is 447 g/mol. The second kappa shape index (κ2) is 8.87. The van der Waals surface area contributed by atoms with Crippen LogP contribution in [0.5, 0.6) is 5.75 Å². The van der Waals surface area contributed by atoms with E-state index in [0.29, 0.717) is 48.5 Å². The minimum absolute atomic E-state index is 0.146. The maximum absolute atomic E-state index is 13.2. The molecule has 3 heterocycles. The lowest BCUT2D eigenvalue weighted by atomic mass is 9.96. The number of aromatic nitrogens is 2. The molecule has 0 amide bonds. The lowest BCUT2D eigenvalue weighted by Gasteiger charge is -2.31. The number of hydrogen-bond acceptors (Lipinski definition) is 7. The van der Waals surface area contributed by atoms with Gasteiger partial charge in [-0.2, -0.15) is 20.6 Å². The van der Waals surface area contributed by atoms with Gasteiger partial charge in [0.25, 0.3) is 0 Å². The number of benzene rings is 1. The molecule has 9 heteroatoms. The molecule has 0 N–H and O–H groups in total. The molecular formula is C21H25N3O4S2. The molecule has 30 heavy (non-hydrogen) atoms. The molecule has 7 nitrogen and oxygen atoms in total. The van der Waals surface area contributed by atoms with Crippen molar-refractivity contribution in [2.24, 2.45) is 5.92 Å². The highest BCUT2D eigenvalue weighted by molar-refractivity contribution is 7.89. The van der Waals surface area contributed by atoms with Crippen LogP contribution in [0, 0.1) is 12.8 Å². The van der Waals surface area contributed by atoms with Crippen LogP contribution in [0.15, 0.2) is 44.4 Å². The van der Waals surface area contributed by atoms with Gasteiger partial charge in [-0.15, -0.1) is 0 Å². The first kappa shape index (κ1) is 21.0. The van der Waals surface area contributed by atoms with Crippen molar-refractivity contribution in [1.82, 2.24) is 14.4 Å². The zero-order chi connectivity index (χ0) is 21.1. The summed E-state index contributed by atoms with van der Waals surface area (Å²) in [6.45, 7) is 5.29. The fourth-order valence-electron chi connectivity index (χ4n) is 3.75. The molecule has 1 aliphatic rings. The van der Waals surface area contributed by atoms with E-state index in [2.05, 4.69) is 10.1 Å². The zero-order valence-corrected chi connectivity index (χ0v) is 18.7. The number of thiophene rings is 1. The van der Waals surface area contributed by atoms with Crippen LogP contribution >= 0.6 is 11.3 Å². The van der Waals surface area contributed by atoms with Crippen LogP contribution in [-0.2, 0) is 16.4 Å². The largest absolute Gasteiger partial charge is 0.494 e. The highest BCUT2D eigenvalue weighted by atomic mass is 32.2. The van der Waals surface area contributed by atoms with Gasteiger partial charge in [0.15, 0.2) is 0 Å². The van der Waals surface area contributed by atoms with Gasteiger partial charge in [0.1, 0.15) is 5.75 Å². The van der Waals surface area contributed by atoms with Crippen LogP contribution in [0.3, 0.4) is 0 Å². The Labute approximate surface area is 180 Å². The standard InChI is InChI=1S/C21H25N3O4S2/c1-3-27-19-7-6-18(11-15(19)2)30(25,26)24-9-4-5-16(13-24)12-20-22-21(23-28-20)17-8-10-29-14-17/h6-8,10-11,14,16H,3-5,9,12-13H2,1-2H3. The van der Waals surface area contributed by atoms with E-state index in [-0.39, 0.29) is 5.92 Å². The Morgan fingerprint density at radius 1 is 1.33 bits per heavy atom. The topological polar surface area (TPSA) is 85.5 Å². The number of rotatable bonds is 7. The first-order valence-corrected chi connectivity index (χ1v) is 12.4. The van der Waals surface area contributed by atoms with Crippen LogP contribution in [0.1, 0.15) is 31.2 Å². The highest BCUT2D eigenvalue weighted by Crippen LogP contribution is 2.29. The Balaban J connectivity index is 1.46. The van der Waals surface area contributed by atoms with Gasteiger partial charge in [0, 0.05) is 30.5 Å². The Hall–Kier alpha value is -2.23. The third kappa shape index (κ3) is 4.43. The van der Waals surface area contributed by atoms with Gasteiger partial charge in [-0.3, -0.25) is 0 Å². The predicted molar refractivity (Wildman–Crippen MR) is 115 cm³/mol. The predicted octanol–water partition coefficient (Wildman–Crippen LogP) is 4.15. The Bertz CT molecular complexity index is 1090. The van der Waals surface area contributed by atoms with E-state index in [1.54, 1.807) is 33.8 Å². The lowest BCUT2D eigenvalue weighted by molar-refractivity contribution is 0.247. The molecule has 3 aromatic rings. The maximum Gasteiger partial charge on any atom is 0.243 e. The summed E-state index contributed by atoms with van der Waals surface area (Å²) < 4.78 is 38.9. The molecule has 0 saturated carbocycles. The molecular weight excluding hydrogens is 422 g/mol. The van der Waals surface area contributed by atoms with E-state index in [1.165, 1.54) is 0 Å². The summed E-state index contributed by atoms with van der Waals surface area (Å²) in [6, 6.07) is 7.00. The molecule has 1 unspecified atom stereocenters. The fraction of sp³-hybridized carbons (Fsp3) is 0.429. The molecule has 0 bridgehead atoms. The number of nitrogens with zero attached hydrogens (tertiary/aromatic N) is 3. The third-order valence-electron chi connectivity index (χ3n) is 5.28. The van der Waals surface area contributed by atoms with Crippen molar-refractivity contribution in [3.63, 3.8) is 0 Å². The zero-order valence-electron chi connectivity index (χ0n) is 17.1. The summed E-state index contributed by atoms with van der Waals surface area (Å²) >= 11 is 1.58. The minimum Gasteiger partial charge on any atom is -0.494 e. The fourth-order valence-corrected chi connectivity index (χ4v) is 6.03. The van der Waals surface area contributed by atoms with Gasteiger partial charge < -0.3 is 9.26 Å². The van der Waals surface area contributed by atoms with E-state index < -0.39 is 10.0 Å². The molecule has 1 aromatic carbocycles. The number of hydrogen-bond donors (Lipinski definition) is 0. The van der Waals surface area contributed by atoms with Gasteiger partial charge in [0.05, 0.1) is 11.5 Å². The SMILES string of the molecule is CCOc1ccc(S(=O)(=O)N2CCCC(Cc3nc(-c4ccsc4)no3)C2)cc1C. The van der Waals surface area contributed by atoms with Crippen LogP contribution in [0.2, 0.25) is 0 Å². The Kier molecular flexibility index (Phi) is 6.21. The van der Waals surface area contributed by atoms with E-state index in [4.69, 9.17) is 9.26 Å². The summed E-state index contributed by atoms with van der Waals surface area (Å²) in [5.74, 6) is 1.99. The molecule has 1 saturated heterocycles. The number of sulfonamides is 1.